The van der Waals surface area contributed by atoms with Crippen molar-refractivity contribution < 1.29 is 0 Å². The van der Waals surface area contributed by atoms with Gasteiger partial charge in [0.2, 0.25) is 0 Å². The molecule has 3 rings (SSSR count). The molecule has 0 saturated heterocycles. The lowest BCUT2D eigenvalue weighted by atomic mass is 10.2. The number of nitrogens with zero attached hydrogens (tertiary/aromatic N) is 2. The van der Waals surface area contributed by atoms with Gasteiger partial charge < -0.3 is 5.32 Å². The summed E-state index contributed by atoms with van der Waals surface area (Å²) in [6.07, 6.45) is 6.89. The van der Waals surface area contributed by atoms with Gasteiger partial charge in [-0.25, -0.2) is 9.97 Å². The molecule has 5 heteroatoms. The Kier molecular flexibility index (Phi) is 3.84. The average Bonchev–Trinajstić information content (AvgIpc) is 2.86. The van der Waals surface area contributed by atoms with Crippen molar-refractivity contribution in [3.63, 3.8) is 0 Å². The van der Waals surface area contributed by atoms with E-state index in [9.17, 15) is 0 Å². The van der Waals surface area contributed by atoms with Crippen molar-refractivity contribution in [2.24, 2.45) is 0 Å². The first-order valence-electron chi connectivity index (χ1n) is 5.80. The second-order valence-electron chi connectivity index (χ2n) is 4.42. The van der Waals surface area contributed by atoms with Crippen LogP contribution < -0.4 is 5.32 Å². The number of nitrogens with one attached hydrogen (secondary N) is 1. The standard InChI is InChI=1S/C12H15N3S.ClH/c1-8-6-10-11(13-7-14-12(10)16-8)15-9-4-2-3-5-9;/h6-7,9H,2-5H2,1H3,(H,13,14,15);1H. The first-order valence-corrected chi connectivity index (χ1v) is 6.62. The number of halogens is 1. The molecule has 1 saturated carbocycles. The highest BCUT2D eigenvalue weighted by Crippen LogP contribution is 2.29. The molecule has 0 unspecified atom stereocenters. The fourth-order valence-corrected chi connectivity index (χ4v) is 3.20. The van der Waals surface area contributed by atoms with Crippen LogP contribution in [0.2, 0.25) is 0 Å². The van der Waals surface area contributed by atoms with E-state index in [0.29, 0.717) is 6.04 Å². The Bertz CT molecular complexity index is 505. The number of aryl methyl sites for hydroxylation is 1. The van der Waals surface area contributed by atoms with Gasteiger partial charge in [-0.3, -0.25) is 0 Å². The minimum Gasteiger partial charge on any atom is -0.367 e. The molecule has 0 atom stereocenters. The van der Waals surface area contributed by atoms with Gasteiger partial charge in [0, 0.05) is 10.9 Å². The van der Waals surface area contributed by atoms with Gasteiger partial charge in [0.25, 0.3) is 0 Å². The first kappa shape index (κ1) is 12.6. The minimum atomic E-state index is 0. The molecule has 0 radical (unpaired) electrons. The van der Waals surface area contributed by atoms with Gasteiger partial charge in [0.05, 0.1) is 5.39 Å². The van der Waals surface area contributed by atoms with E-state index in [0.717, 1.165) is 10.6 Å². The van der Waals surface area contributed by atoms with E-state index >= 15 is 0 Å². The molecule has 0 spiro atoms. The Morgan fingerprint density at radius 3 is 2.82 bits per heavy atom. The maximum Gasteiger partial charge on any atom is 0.138 e. The molecule has 1 N–H and O–H groups in total. The van der Waals surface area contributed by atoms with Crippen molar-refractivity contribution in [1.82, 2.24) is 9.97 Å². The molecule has 0 aromatic carbocycles. The minimum absolute atomic E-state index is 0. The Labute approximate surface area is 111 Å². The Balaban J connectivity index is 0.00000108. The summed E-state index contributed by atoms with van der Waals surface area (Å²) in [4.78, 5) is 11.1. The summed E-state index contributed by atoms with van der Waals surface area (Å²) in [5.41, 5.74) is 0. The van der Waals surface area contributed by atoms with Crippen molar-refractivity contribution in [2.75, 3.05) is 5.32 Å². The quantitative estimate of drug-likeness (QED) is 0.902. The molecule has 1 aliphatic carbocycles. The molecule has 3 nitrogen and oxygen atoms in total. The predicted molar refractivity (Wildman–Crippen MR) is 75.3 cm³/mol. The fourth-order valence-electron chi connectivity index (χ4n) is 2.35. The number of hydrogen-bond acceptors (Lipinski definition) is 4. The molecular weight excluding hydrogens is 254 g/mol. The molecule has 17 heavy (non-hydrogen) atoms. The summed E-state index contributed by atoms with van der Waals surface area (Å²) in [6, 6.07) is 2.79. The zero-order chi connectivity index (χ0) is 11.0. The van der Waals surface area contributed by atoms with Gasteiger partial charge in [-0.05, 0) is 25.8 Å². The van der Waals surface area contributed by atoms with Crippen LogP contribution >= 0.6 is 23.7 Å². The lowest BCUT2D eigenvalue weighted by Crippen LogP contribution is -2.15. The van der Waals surface area contributed by atoms with Crippen LogP contribution in [0.1, 0.15) is 30.6 Å². The smallest absolute Gasteiger partial charge is 0.138 e. The molecule has 0 amide bonds. The molecule has 0 bridgehead atoms. The highest BCUT2D eigenvalue weighted by molar-refractivity contribution is 7.18. The number of anilines is 1. The molecule has 1 aliphatic rings. The monoisotopic (exact) mass is 269 g/mol. The lowest BCUT2D eigenvalue weighted by molar-refractivity contribution is 0.751. The van der Waals surface area contributed by atoms with E-state index in [2.05, 4.69) is 28.3 Å². The third-order valence-corrected chi connectivity index (χ3v) is 4.11. The molecule has 2 heterocycles. The Hall–Kier alpha value is -0.870. The molecule has 92 valence electrons. The topological polar surface area (TPSA) is 37.8 Å². The van der Waals surface area contributed by atoms with E-state index in [1.165, 1.54) is 35.9 Å². The van der Waals surface area contributed by atoms with Crippen molar-refractivity contribution >= 4 is 39.8 Å². The second-order valence-corrected chi connectivity index (χ2v) is 5.66. The van der Waals surface area contributed by atoms with Crippen molar-refractivity contribution in [3.8, 4) is 0 Å². The largest absolute Gasteiger partial charge is 0.367 e. The summed E-state index contributed by atoms with van der Waals surface area (Å²) >= 11 is 1.73. The van der Waals surface area contributed by atoms with Crippen molar-refractivity contribution in [3.05, 3.63) is 17.3 Å². The summed E-state index contributed by atoms with van der Waals surface area (Å²) in [6.45, 7) is 2.12. The molecule has 2 aromatic rings. The van der Waals surface area contributed by atoms with Gasteiger partial charge in [-0.2, -0.15) is 0 Å². The molecule has 0 aliphatic heterocycles. The van der Waals surface area contributed by atoms with Crippen LogP contribution in [0, 0.1) is 6.92 Å². The highest BCUT2D eigenvalue weighted by Gasteiger charge is 2.16. The zero-order valence-corrected chi connectivity index (χ0v) is 11.4. The lowest BCUT2D eigenvalue weighted by Gasteiger charge is -2.12. The average molecular weight is 270 g/mol. The highest BCUT2D eigenvalue weighted by atomic mass is 35.5. The Morgan fingerprint density at radius 1 is 1.29 bits per heavy atom. The number of rotatable bonds is 2. The molecule has 2 aromatic heterocycles. The summed E-state index contributed by atoms with van der Waals surface area (Å²) in [5.74, 6) is 1.02. The number of fused-ring (bicyclic) bond motifs is 1. The zero-order valence-electron chi connectivity index (χ0n) is 9.77. The Morgan fingerprint density at radius 2 is 2.06 bits per heavy atom. The molecular formula is C12H16ClN3S. The van der Waals surface area contributed by atoms with Crippen LogP contribution in [0.5, 0.6) is 0 Å². The van der Waals surface area contributed by atoms with Crippen LogP contribution in [-0.4, -0.2) is 16.0 Å². The van der Waals surface area contributed by atoms with Gasteiger partial charge in [0.1, 0.15) is 17.0 Å². The van der Waals surface area contributed by atoms with E-state index in [1.54, 1.807) is 17.7 Å². The fraction of sp³-hybridized carbons (Fsp3) is 0.500. The maximum atomic E-state index is 4.37. The third kappa shape index (κ3) is 2.53. The normalized spacial score (nSPS) is 16.1. The first-order chi connectivity index (χ1) is 7.83. The van der Waals surface area contributed by atoms with E-state index < -0.39 is 0 Å². The van der Waals surface area contributed by atoms with Gasteiger partial charge in [-0.15, -0.1) is 23.7 Å². The summed E-state index contributed by atoms with van der Waals surface area (Å²) in [7, 11) is 0. The van der Waals surface area contributed by atoms with Crippen LogP contribution in [0.3, 0.4) is 0 Å². The van der Waals surface area contributed by atoms with Gasteiger partial charge >= 0.3 is 0 Å². The van der Waals surface area contributed by atoms with Gasteiger partial charge in [0.15, 0.2) is 0 Å². The van der Waals surface area contributed by atoms with Crippen LogP contribution in [0.4, 0.5) is 5.82 Å². The van der Waals surface area contributed by atoms with Crippen LogP contribution in [-0.2, 0) is 0 Å². The summed E-state index contributed by atoms with van der Waals surface area (Å²) in [5, 5.41) is 4.73. The third-order valence-electron chi connectivity index (χ3n) is 3.15. The van der Waals surface area contributed by atoms with Crippen molar-refractivity contribution in [1.29, 1.82) is 0 Å². The molecule has 1 fully saturated rings. The number of thiophene rings is 1. The van der Waals surface area contributed by atoms with E-state index in [-0.39, 0.29) is 12.4 Å². The van der Waals surface area contributed by atoms with Crippen molar-refractivity contribution in [2.45, 2.75) is 38.6 Å². The SMILES string of the molecule is Cc1cc2c(NC3CCCC3)ncnc2s1.Cl. The number of hydrogen-bond donors (Lipinski definition) is 1. The van der Waals surface area contributed by atoms with E-state index in [1.807, 2.05) is 0 Å². The second kappa shape index (κ2) is 5.19. The summed E-state index contributed by atoms with van der Waals surface area (Å²) < 4.78 is 0. The predicted octanol–water partition coefficient (Wildman–Crippen LogP) is 3.78. The van der Waals surface area contributed by atoms with E-state index in [4.69, 9.17) is 0 Å². The number of aromatic nitrogens is 2. The van der Waals surface area contributed by atoms with Gasteiger partial charge in [-0.1, -0.05) is 12.8 Å². The van der Waals surface area contributed by atoms with Crippen LogP contribution in [0.15, 0.2) is 12.4 Å². The maximum absolute atomic E-state index is 4.37. The van der Waals surface area contributed by atoms with Crippen LogP contribution in [0.25, 0.3) is 10.2 Å².